The molecule has 0 saturated carbocycles. The molecule has 252 valence electrons. The molecule has 9 rings (SSSR count). The molecule has 9 heteroatoms. The number of aryl methyl sites for hydroxylation is 2. The second kappa shape index (κ2) is 12.6. The van der Waals surface area contributed by atoms with Crippen LogP contribution in [0.15, 0.2) is 48.7 Å². The summed E-state index contributed by atoms with van der Waals surface area (Å²) >= 11 is 0. The van der Waals surface area contributed by atoms with E-state index in [-0.39, 0.29) is 28.2 Å². The molecule has 3 unspecified atom stereocenters. The standard InChI is InChI=1S/C39H44F3N5O/c1-24-5-2-7-30-33(41)11-8-26-19-28(48)20-32(35(26)30)29-9-10-31-37(36(29)42)44-34(12-15-39-14-4-18-47(39)23-27(40)21-39)45-38(31)46-17-3-6-25(22-46)13-16-43-24/h8-11,19-20,25,27,43,48H,1-7,12-18,21-23H2. The van der Waals surface area contributed by atoms with Gasteiger partial charge in [0.25, 0.3) is 0 Å². The van der Waals surface area contributed by atoms with Gasteiger partial charge >= 0.3 is 0 Å². The van der Waals surface area contributed by atoms with Gasteiger partial charge < -0.3 is 15.3 Å². The zero-order chi connectivity index (χ0) is 33.0. The lowest BCUT2D eigenvalue weighted by Crippen LogP contribution is -2.39. The topological polar surface area (TPSA) is 64.5 Å². The Morgan fingerprint density at radius 1 is 0.979 bits per heavy atom. The number of nitrogens with one attached hydrogen (secondary N) is 1. The highest BCUT2D eigenvalue weighted by Gasteiger charge is 2.48. The molecule has 3 aromatic carbocycles. The highest BCUT2D eigenvalue weighted by atomic mass is 19.1. The molecule has 0 aliphatic carbocycles. The van der Waals surface area contributed by atoms with Crippen LogP contribution in [-0.4, -0.2) is 64.4 Å². The molecule has 2 N–H and O–H groups in total. The summed E-state index contributed by atoms with van der Waals surface area (Å²) < 4.78 is 47.3. The summed E-state index contributed by atoms with van der Waals surface area (Å²) in [5, 5.41) is 16.2. The molecule has 0 amide bonds. The van der Waals surface area contributed by atoms with Gasteiger partial charge in [-0.05, 0) is 123 Å². The van der Waals surface area contributed by atoms with Crippen LogP contribution in [0.5, 0.6) is 5.75 Å². The molecule has 5 aliphatic heterocycles. The van der Waals surface area contributed by atoms with Gasteiger partial charge in [-0.3, -0.25) is 4.90 Å². The van der Waals surface area contributed by atoms with Crippen molar-refractivity contribution in [3.63, 3.8) is 0 Å². The van der Waals surface area contributed by atoms with Gasteiger partial charge in [0.2, 0.25) is 0 Å². The smallest absolute Gasteiger partial charge is 0.157 e. The molecule has 3 saturated heterocycles. The maximum absolute atomic E-state index is 17.1. The predicted octanol–water partition coefficient (Wildman–Crippen LogP) is 7.99. The zero-order valence-corrected chi connectivity index (χ0v) is 27.5. The Hall–Kier alpha value is -3.85. The molecule has 3 atom stereocenters. The maximum atomic E-state index is 17.1. The Bertz CT molecular complexity index is 1900. The van der Waals surface area contributed by atoms with Crippen molar-refractivity contribution in [3.8, 4) is 16.9 Å². The highest BCUT2D eigenvalue weighted by molar-refractivity contribution is 6.03. The van der Waals surface area contributed by atoms with Gasteiger partial charge in [-0.25, -0.2) is 23.1 Å². The van der Waals surface area contributed by atoms with Gasteiger partial charge in [0, 0.05) is 54.8 Å². The van der Waals surface area contributed by atoms with E-state index in [1.807, 2.05) is 6.07 Å². The van der Waals surface area contributed by atoms with E-state index in [9.17, 15) is 9.50 Å². The van der Waals surface area contributed by atoms with Crippen LogP contribution in [-0.2, 0) is 12.8 Å². The number of aromatic nitrogens is 2. The van der Waals surface area contributed by atoms with E-state index < -0.39 is 12.0 Å². The molecule has 0 radical (unpaired) electrons. The average molecular weight is 656 g/mol. The fourth-order valence-corrected chi connectivity index (χ4v) is 9.18. The van der Waals surface area contributed by atoms with Crippen LogP contribution in [0.4, 0.5) is 19.0 Å². The van der Waals surface area contributed by atoms with Gasteiger partial charge in [0.15, 0.2) is 5.82 Å². The normalized spacial score (nSPS) is 25.1. The molecule has 0 spiro atoms. The average Bonchev–Trinajstić information content (AvgIpc) is 3.60. The Morgan fingerprint density at radius 2 is 1.88 bits per heavy atom. The van der Waals surface area contributed by atoms with Crippen molar-refractivity contribution >= 4 is 27.5 Å². The van der Waals surface area contributed by atoms with Crippen LogP contribution in [0.25, 0.3) is 32.8 Å². The Labute approximate surface area is 280 Å². The minimum Gasteiger partial charge on any atom is -0.508 e. The molecule has 6 heterocycles. The van der Waals surface area contributed by atoms with Crippen molar-refractivity contribution in [3.05, 3.63) is 71.7 Å². The lowest BCUT2D eigenvalue weighted by atomic mass is 9.88. The second-order valence-corrected chi connectivity index (χ2v) is 14.6. The number of anilines is 1. The quantitative estimate of drug-likeness (QED) is 0.233. The molecule has 3 fully saturated rings. The Kier molecular flexibility index (Phi) is 8.22. The summed E-state index contributed by atoms with van der Waals surface area (Å²) in [5.74, 6) is 0.894. The first-order valence-electron chi connectivity index (χ1n) is 17.8. The van der Waals surface area contributed by atoms with Gasteiger partial charge in [0.1, 0.15) is 34.9 Å². The number of aromatic hydroxyl groups is 1. The van der Waals surface area contributed by atoms with E-state index in [0.29, 0.717) is 77.7 Å². The number of alkyl halides is 1. The first-order chi connectivity index (χ1) is 23.3. The maximum Gasteiger partial charge on any atom is 0.157 e. The predicted molar refractivity (Wildman–Crippen MR) is 185 cm³/mol. The zero-order valence-electron chi connectivity index (χ0n) is 27.5. The van der Waals surface area contributed by atoms with E-state index >= 15 is 8.78 Å². The summed E-state index contributed by atoms with van der Waals surface area (Å²) in [6.45, 7) is 8.10. The molecular weight excluding hydrogens is 611 g/mol. The SMILES string of the molecule is C=C1CCCc2c(F)ccc3cc(O)cc(c23)-c2ccc3c(nc(CCC45CCCN4CC(F)C5)nc3c2F)N2CCCC(CCN1)C2. The number of nitrogens with zero attached hydrogens (tertiary/aromatic N) is 4. The fourth-order valence-electron chi connectivity index (χ4n) is 9.18. The lowest BCUT2D eigenvalue weighted by Gasteiger charge is -2.35. The minimum atomic E-state index is -0.817. The lowest BCUT2D eigenvalue weighted by molar-refractivity contribution is 0.181. The van der Waals surface area contributed by atoms with Gasteiger partial charge in [-0.1, -0.05) is 18.7 Å². The Balaban J connectivity index is 1.29. The van der Waals surface area contributed by atoms with E-state index in [1.54, 1.807) is 18.2 Å². The molecule has 1 aromatic heterocycles. The number of allylic oxidation sites excluding steroid dienone is 1. The van der Waals surface area contributed by atoms with E-state index in [1.165, 1.54) is 12.1 Å². The number of hydrogen-bond acceptors (Lipinski definition) is 6. The van der Waals surface area contributed by atoms with Crippen LogP contribution in [0, 0.1) is 17.6 Å². The van der Waals surface area contributed by atoms with Crippen molar-refractivity contribution in [2.45, 2.75) is 82.3 Å². The van der Waals surface area contributed by atoms with Crippen LogP contribution < -0.4 is 10.2 Å². The van der Waals surface area contributed by atoms with Crippen molar-refractivity contribution in [2.75, 3.05) is 37.6 Å². The Morgan fingerprint density at radius 3 is 2.77 bits per heavy atom. The van der Waals surface area contributed by atoms with Crippen LogP contribution in [0.1, 0.15) is 69.2 Å². The minimum absolute atomic E-state index is 0.0131. The number of fused-ring (bicyclic) bond motifs is 8. The van der Waals surface area contributed by atoms with Crippen LogP contribution in [0.2, 0.25) is 0 Å². The summed E-state index contributed by atoms with van der Waals surface area (Å²) in [7, 11) is 0. The number of rotatable bonds is 3. The third kappa shape index (κ3) is 5.67. The third-order valence-electron chi connectivity index (χ3n) is 11.5. The summed E-state index contributed by atoms with van der Waals surface area (Å²) in [6, 6.07) is 9.84. The van der Waals surface area contributed by atoms with Gasteiger partial charge in [0.05, 0.1) is 0 Å². The summed E-state index contributed by atoms with van der Waals surface area (Å²) in [5.41, 5.74) is 2.20. The van der Waals surface area contributed by atoms with Gasteiger partial charge in [-0.15, -0.1) is 0 Å². The number of halogens is 3. The molecule has 48 heavy (non-hydrogen) atoms. The first kappa shape index (κ1) is 31.4. The third-order valence-corrected chi connectivity index (χ3v) is 11.5. The number of phenols is 1. The largest absolute Gasteiger partial charge is 0.508 e. The van der Waals surface area contributed by atoms with Crippen molar-refractivity contribution in [1.82, 2.24) is 20.2 Å². The second-order valence-electron chi connectivity index (χ2n) is 14.6. The van der Waals surface area contributed by atoms with E-state index in [2.05, 4.69) is 21.7 Å². The molecule has 4 aromatic rings. The molecular formula is C39H44F3N5O. The summed E-state index contributed by atoms with van der Waals surface area (Å²) in [6.07, 6.45) is 7.96. The van der Waals surface area contributed by atoms with E-state index in [0.717, 1.165) is 76.2 Å². The van der Waals surface area contributed by atoms with Crippen molar-refractivity contribution < 1.29 is 18.3 Å². The number of benzene rings is 3. The monoisotopic (exact) mass is 655 g/mol. The van der Waals surface area contributed by atoms with Crippen LogP contribution in [0.3, 0.4) is 0 Å². The van der Waals surface area contributed by atoms with Gasteiger partial charge in [-0.2, -0.15) is 0 Å². The van der Waals surface area contributed by atoms with Crippen LogP contribution >= 0.6 is 0 Å². The van der Waals surface area contributed by atoms with Crippen molar-refractivity contribution in [1.29, 1.82) is 0 Å². The number of piperidine rings is 1. The fraction of sp³-hybridized carbons (Fsp3) is 0.487. The molecule has 6 nitrogen and oxygen atoms in total. The van der Waals surface area contributed by atoms with Crippen molar-refractivity contribution in [2.24, 2.45) is 5.92 Å². The molecule has 6 bridgehead atoms. The van der Waals surface area contributed by atoms with E-state index in [4.69, 9.17) is 9.97 Å². The molecule has 5 aliphatic rings. The summed E-state index contributed by atoms with van der Waals surface area (Å²) in [4.78, 5) is 14.6. The number of hydrogen-bond donors (Lipinski definition) is 2. The highest BCUT2D eigenvalue weighted by Crippen LogP contribution is 2.44. The first-order valence-corrected chi connectivity index (χ1v) is 17.8. The number of phenolic OH excluding ortho intramolecular Hbond substituents is 1.